The van der Waals surface area contributed by atoms with Gasteiger partial charge in [0.25, 0.3) is 0 Å². The molecule has 0 saturated carbocycles. The molecule has 0 spiro atoms. The Morgan fingerprint density at radius 3 is 2.00 bits per heavy atom. The van der Waals surface area contributed by atoms with Crippen LogP contribution in [0.5, 0.6) is 11.5 Å². The summed E-state index contributed by atoms with van der Waals surface area (Å²) in [7, 11) is 1.28. The van der Waals surface area contributed by atoms with Gasteiger partial charge in [0.05, 0.1) is 12.7 Å². The van der Waals surface area contributed by atoms with Crippen LogP contribution in [-0.4, -0.2) is 32.2 Å². The van der Waals surface area contributed by atoms with Gasteiger partial charge in [-0.3, -0.25) is 4.79 Å². The van der Waals surface area contributed by atoms with Gasteiger partial charge in [-0.2, -0.15) is 0 Å². The van der Waals surface area contributed by atoms with Crippen molar-refractivity contribution in [3.63, 3.8) is 0 Å². The van der Waals surface area contributed by atoms with Crippen LogP contribution in [-0.2, 0) is 9.53 Å². The van der Waals surface area contributed by atoms with Crippen molar-refractivity contribution in [3.8, 4) is 11.5 Å². The number of carbonyl (C=O) groups excluding carboxylic acids is 2. The lowest BCUT2D eigenvalue weighted by atomic mass is 10.1. The van der Waals surface area contributed by atoms with Crippen molar-refractivity contribution in [2.45, 2.75) is 6.92 Å². The fraction of sp³-hybridized carbons (Fsp3) is 0.250. The molecule has 0 aliphatic rings. The smallest absolute Gasteiger partial charge is 0.338 e. The molecule has 0 bridgehead atoms. The van der Waals surface area contributed by atoms with E-state index in [1.54, 1.807) is 12.2 Å². The van der Waals surface area contributed by atoms with E-state index in [1.807, 2.05) is 0 Å². The number of nitrogens with one attached hydrogen (secondary N) is 1. The molecular formula is C16H19NO5. The molecule has 0 saturated heterocycles. The van der Waals surface area contributed by atoms with E-state index in [4.69, 9.17) is 14.2 Å². The van der Waals surface area contributed by atoms with E-state index in [1.165, 1.54) is 26.2 Å². The van der Waals surface area contributed by atoms with Crippen molar-refractivity contribution < 1.29 is 23.8 Å². The minimum absolute atomic E-state index is 0.206. The van der Waals surface area contributed by atoms with Crippen LogP contribution in [0.1, 0.15) is 17.3 Å². The van der Waals surface area contributed by atoms with E-state index in [-0.39, 0.29) is 36.2 Å². The summed E-state index contributed by atoms with van der Waals surface area (Å²) in [5.74, 6) is -0.256. The Labute approximate surface area is 129 Å². The summed E-state index contributed by atoms with van der Waals surface area (Å²) in [6.45, 7) is 8.90. The van der Waals surface area contributed by atoms with Crippen LogP contribution in [0, 0.1) is 0 Å². The lowest BCUT2D eigenvalue weighted by Crippen LogP contribution is -2.12. The van der Waals surface area contributed by atoms with Gasteiger partial charge in [0, 0.05) is 6.92 Å². The summed E-state index contributed by atoms with van der Waals surface area (Å²) < 4.78 is 15.7. The van der Waals surface area contributed by atoms with Crippen molar-refractivity contribution in [1.29, 1.82) is 0 Å². The van der Waals surface area contributed by atoms with Gasteiger partial charge >= 0.3 is 5.97 Å². The van der Waals surface area contributed by atoms with Gasteiger partial charge in [0.15, 0.2) is 0 Å². The third-order valence-corrected chi connectivity index (χ3v) is 2.50. The summed E-state index contributed by atoms with van der Waals surface area (Å²) in [5.41, 5.74) is 0.582. The first-order valence-corrected chi connectivity index (χ1v) is 6.54. The number of ether oxygens (including phenoxy) is 3. The summed E-state index contributed by atoms with van der Waals surface area (Å²) >= 11 is 0. The normalized spacial score (nSPS) is 9.55. The maximum absolute atomic E-state index is 11.7. The van der Waals surface area contributed by atoms with Crippen molar-refractivity contribution in [1.82, 2.24) is 0 Å². The average molecular weight is 305 g/mol. The van der Waals surface area contributed by atoms with Crippen LogP contribution in [0.2, 0.25) is 0 Å². The zero-order valence-electron chi connectivity index (χ0n) is 12.7. The van der Waals surface area contributed by atoms with Crippen molar-refractivity contribution in [2.75, 3.05) is 25.6 Å². The number of methoxy groups -OCH3 is 1. The van der Waals surface area contributed by atoms with Crippen LogP contribution in [0.3, 0.4) is 0 Å². The second-order valence-corrected chi connectivity index (χ2v) is 4.22. The zero-order valence-corrected chi connectivity index (χ0v) is 12.7. The van der Waals surface area contributed by atoms with Gasteiger partial charge < -0.3 is 19.5 Å². The molecular weight excluding hydrogens is 286 g/mol. The Morgan fingerprint density at radius 2 is 1.64 bits per heavy atom. The number of rotatable bonds is 8. The third-order valence-electron chi connectivity index (χ3n) is 2.50. The summed E-state index contributed by atoms with van der Waals surface area (Å²) in [6, 6.07) is 2.95. The van der Waals surface area contributed by atoms with E-state index >= 15 is 0 Å². The fourth-order valence-corrected chi connectivity index (χ4v) is 1.65. The van der Waals surface area contributed by atoms with E-state index in [0.29, 0.717) is 5.69 Å². The predicted octanol–water partition coefficient (Wildman–Crippen LogP) is 2.56. The molecule has 0 atom stereocenters. The molecule has 0 aliphatic heterocycles. The standard InChI is InChI=1S/C16H19NO5/c1-5-7-21-13-9-12(16(19)20-4)10-14(22-8-6-2)15(13)17-11(3)18/h5-6,9-10H,1-2,7-8H2,3-4H3,(H,17,18). The minimum Gasteiger partial charge on any atom is -0.487 e. The predicted molar refractivity (Wildman–Crippen MR) is 83.5 cm³/mol. The van der Waals surface area contributed by atoms with E-state index < -0.39 is 5.97 Å². The zero-order chi connectivity index (χ0) is 16.5. The lowest BCUT2D eigenvalue weighted by molar-refractivity contribution is -0.114. The van der Waals surface area contributed by atoms with E-state index in [9.17, 15) is 9.59 Å². The summed E-state index contributed by atoms with van der Waals surface area (Å²) in [5, 5.41) is 2.63. The van der Waals surface area contributed by atoms with Gasteiger partial charge in [-0.25, -0.2) is 4.79 Å². The molecule has 0 fully saturated rings. The molecule has 1 aromatic rings. The van der Waals surface area contributed by atoms with Crippen LogP contribution in [0.15, 0.2) is 37.4 Å². The van der Waals surface area contributed by atoms with Crippen LogP contribution >= 0.6 is 0 Å². The highest BCUT2D eigenvalue weighted by molar-refractivity contribution is 5.96. The molecule has 0 aromatic heterocycles. The Kier molecular flexibility index (Phi) is 6.69. The average Bonchev–Trinajstić information content (AvgIpc) is 2.50. The molecule has 6 nitrogen and oxygen atoms in total. The van der Waals surface area contributed by atoms with Crippen LogP contribution in [0.4, 0.5) is 5.69 Å². The monoisotopic (exact) mass is 305 g/mol. The SMILES string of the molecule is C=CCOc1cc(C(=O)OC)cc(OCC=C)c1NC(C)=O. The molecule has 0 heterocycles. The molecule has 1 aromatic carbocycles. The number of amides is 1. The molecule has 0 radical (unpaired) electrons. The molecule has 1 N–H and O–H groups in total. The fourth-order valence-electron chi connectivity index (χ4n) is 1.65. The molecule has 0 unspecified atom stereocenters. The topological polar surface area (TPSA) is 73.9 Å². The lowest BCUT2D eigenvalue weighted by Gasteiger charge is -2.17. The second-order valence-electron chi connectivity index (χ2n) is 4.22. The van der Waals surface area contributed by atoms with Crippen molar-refractivity contribution in [2.24, 2.45) is 0 Å². The highest BCUT2D eigenvalue weighted by atomic mass is 16.5. The second kappa shape index (κ2) is 8.51. The summed E-state index contributed by atoms with van der Waals surface area (Å²) in [4.78, 5) is 23.1. The minimum atomic E-state index is -0.540. The Balaban J connectivity index is 3.37. The van der Waals surface area contributed by atoms with Crippen LogP contribution in [0.25, 0.3) is 0 Å². The van der Waals surface area contributed by atoms with E-state index in [0.717, 1.165) is 0 Å². The van der Waals surface area contributed by atoms with Gasteiger partial charge in [-0.15, -0.1) is 0 Å². The van der Waals surface area contributed by atoms with Crippen molar-refractivity contribution >= 4 is 17.6 Å². The molecule has 6 heteroatoms. The maximum Gasteiger partial charge on any atom is 0.338 e. The summed E-state index contributed by atoms with van der Waals surface area (Å²) in [6.07, 6.45) is 3.10. The number of hydrogen-bond donors (Lipinski definition) is 1. The quantitative estimate of drug-likeness (QED) is 0.590. The highest BCUT2D eigenvalue weighted by Crippen LogP contribution is 2.37. The number of anilines is 1. The molecule has 22 heavy (non-hydrogen) atoms. The van der Waals surface area contributed by atoms with Gasteiger partial charge in [-0.05, 0) is 12.1 Å². The Morgan fingerprint density at radius 1 is 1.14 bits per heavy atom. The maximum atomic E-state index is 11.7. The Hall–Kier alpha value is -2.76. The number of carbonyl (C=O) groups is 2. The van der Waals surface area contributed by atoms with E-state index in [2.05, 4.69) is 18.5 Å². The molecule has 1 amide bonds. The first-order chi connectivity index (χ1) is 10.5. The molecule has 118 valence electrons. The van der Waals surface area contributed by atoms with Gasteiger partial charge in [0.1, 0.15) is 30.4 Å². The van der Waals surface area contributed by atoms with Crippen LogP contribution < -0.4 is 14.8 Å². The third kappa shape index (κ3) is 4.66. The number of esters is 1. The largest absolute Gasteiger partial charge is 0.487 e. The first kappa shape index (κ1) is 17.3. The van der Waals surface area contributed by atoms with Crippen molar-refractivity contribution in [3.05, 3.63) is 43.0 Å². The van der Waals surface area contributed by atoms with Gasteiger partial charge in [0.2, 0.25) is 5.91 Å². The molecule has 0 aliphatic carbocycles. The number of hydrogen-bond acceptors (Lipinski definition) is 5. The Bertz CT molecular complexity index is 547. The number of benzene rings is 1. The molecule has 1 rings (SSSR count). The van der Waals surface area contributed by atoms with Gasteiger partial charge in [-0.1, -0.05) is 25.3 Å². The highest BCUT2D eigenvalue weighted by Gasteiger charge is 2.18. The first-order valence-electron chi connectivity index (χ1n) is 6.54.